The molecule has 0 saturated heterocycles. The minimum atomic E-state index is -3.95. The van der Waals surface area contributed by atoms with Gasteiger partial charge in [-0.3, -0.25) is 13.9 Å². The molecule has 36 heavy (non-hydrogen) atoms. The summed E-state index contributed by atoms with van der Waals surface area (Å²) in [5.41, 5.74) is 1.81. The summed E-state index contributed by atoms with van der Waals surface area (Å²) >= 11 is 18.4. The topological polar surface area (TPSA) is 86.8 Å². The molecule has 198 valence electrons. The van der Waals surface area contributed by atoms with Crippen molar-refractivity contribution in [1.82, 2.24) is 10.2 Å². The molecule has 0 unspecified atom stereocenters. The van der Waals surface area contributed by atoms with Crippen molar-refractivity contribution >= 4 is 62.3 Å². The molecule has 2 aromatic rings. The van der Waals surface area contributed by atoms with Crippen LogP contribution < -0.4 is 9.62 Å². The Hall–Kier alpha value is -2.00. The van der Waals surface area contributed by atoms with Gasteiger partial charge in [-0.1, -0.05) is 79.8 Å². The molecule has 0 radical (unpaired) electrons. The lowest BCUT2D eigenvalue weighted by Gasteiger charge is -2.33. The summed E-state index contributed by atoms with van der Waals surface area (Å²) in [6, 6.07) is 9.34. The van der Waals surface area contributed by atoms with Gasteiger partial charge in [0, 0.05) is 13.1 Å². The van der Waals surface area contributed by atoms with Crippen LogP contribution in [0.3, 0.4) is 0 Å². The van der Waals surface area contributed by atoms with Crippen molar-refractivity contribution in [3.05, 3.63) is 62.6 Å². The fraction of sp³-hybridized carbons (Fsp3) is 0.440. The van der Waals surface area contributed by atoms with Gasteiger partial charge in [-0.05, 0) is 42.5 Å². The molecule has 11 heteroatoms. The van der Waals surface area contributed by atoms with E-state index in [0.717, 1.165) is 21.7 Å². The normalized spacial score (nSPS) is 12.4. The molecular formula is C25H32Cl3N3O4S. The van der Waals surface area contributed by atoms with E-state index in [4.69, 9.17) is 34.8 Å². The molecule has 2 amide bonds. The zero-order chi connectivity index (χ0) is 27.2. The number of hydrogen-bond donors (Lipinski definition) is 1. The highest BCUT2D eigenvalue weighted by molar-refractivity contribution is 7.92. The number of nitrogens with one attached hydrogen (secondary N) is 1. The van der Waals surface area contributed by atoms with Crippen LogP contribution in [-0.2, 0) is 26.2 Å². The second-order valence-electron chi connectivity index (χ2n) is 9.00. The van der Waals surface area contributed by atoms with Crippen molar-refractivity contribution < 1.29 is 18.0 Å². The number of carbonyl (C=O) groups is 2. The number of anilines is 1. The molecule has 1 N–H and O–H groups in total. The molecule has 0 aliphatic rings. The summed E-state index contributed by atoms with van der Waals surface area (Å²) in [6.45, 7) is 7.68. The largest absolute Gasteiger partial charge is 0.354 e. The second kappa shape index (κ2) is 13.0. The fourth-order valence-corrected chi connectivity index (χ4v) is 5.16. The van der Waals surface area contributed by atoms with Crippen molar-refractivity contribution in [1.29, 1.82) is 0 Å². The molecule has 7 nitrogen and oxygen atoms in total. The van der Waals surface area contributed by atoms with Gasteiger partial charge in [0.15, 0.2) is 0 Å². The Morgan fingerprint density at radius 2 is 1.64 bits per heavy atom. The van der Waals surface area contributed by atoms with E-state index in [-0.39, 0.29) is 39.1 Å². The van der Waals surface area contributed by atoms with Crippen LogP contribution in [0.2, 0.25) is 15.1 Å². The molecule has 1 atom stereocenters. The van der Waals surface area contributed by atoms with Crippen LogP contribution in [0.15, 0.2) is 36.4 Å². The minimum Gasteiger partial charge on any atom is -0.354 e. The van der Waals surface area contributed by atoms with Gasteiger partial charge in [0.05, 0.1) is 27.0 Å². The third kappa shape index (κ3) is 8.00. The van der Waals surface area contributed by atoms with Crippen LogP contribution in [0, 0.1) is 12.8 Å². The summed E-state index contributed by atoms with van der Waals surface area (Å²) in [5, 5.41) is 3.16. The first-order chi connectivity index (χ1) is 16.8. The predicted molar refractivity (Wildman–Crippen MR) is 147 cm³/mol. The third-order valence-corrected chi connectivity index (χ3v) is 7.76. The molecule has 0 bridgehead atoms. The van der Waals surface area contributed by atoms with Gasteiger partial charge >= 0.3 is 0 Å². The molecule has 0 aliphatic heterocycles. The number of sulfonamides is 1. The number of nitrogens with zero attached hydrogens (tertiary/aromatic N) is 2. The molecule has 0 spiro atoms. The van der Waals surface area contributed by atoms with Gasteiger partial charge < -0.3 is 10.2 Å². The highest BCUT2D eigenvalue weighted by atomic mass is 35.5. The number of halogens is 3. The maximum absolute atomic E-state index is 13.7. The van der Waals surface area contributed by atoms with E-state index in [9.17, 15) is 18.0 Å². The summed E-state index contributed by atoms with van der Waals surface area (Å²) in [7, 11) is -3.95. The Balaban J connectivity index is 2.50. The quantitative estimate of drug-likeness (QED) is 0.368. The Kier molecular flexibility index (Phi) is 10.9. The van der Waals surface area contributed by atoms with E-state index in [0.29, 0.717) is 13.0 Å². The Morgan fingerprint density at radius 3 is 2.19 bits per heavy atom. The van der Waals surface area contributed by atoms with Crippen LogP contribution in [0.25, 0.3) is 0 Å². The molecule has 2 rings (SSSR count). The van der Waals surface area contributed by atoms with Gasteiger partial charge in [-0.25, -0.2) is 8.42 Å². The average molecular weight is 577 g/mol. The van der Waals surface area contributed by atoms with Crippen LogP contribution >= 0.6 is 34.8 Å². The number of carbonyl (C=O) groups excluding carboxylic acids is 2. The predicted octanol–water partition coefficient (Wildman–Crippen LogP) is 5.30. The number of amides is 2. The molecule has 2 aromatic carbocycles. The zero-order valence-corrected chi connectivity index (χ0v) is 24.1. The SMILES string of the molecule is CC[C@@H](C(=O)NCC(C)C)N(Cc1ccccc1C)C(=O)CN(c1cc(Cl)c(Cl)cc1Cl)S(C)(=O)=O. The van der Waals surface area contributed by atoms with Crippen molar-refractivity contribution in [2.24, 2.45) is 5.92 Å². The zero-order valence-electron chi connectivity index (χ0n) is 21.0. The molecule has 0 fully saturated rings. The smallest absolute Gasteiger partial charge is 0.244 e. The number of aryl methyl sites for hydroxylation is 1. The Bertz CT molecular complexity index is 1210. The monoisotopic (exact) mass is 575 g/mol. The van der Waals surface area contributed by atoms with Crippen LogP contribution in [-0.4, -0.2) is 50.5 Å². The van der Waals surface area contributed by atoms with Crippen LogP contribution in [0.1, 0.15) is 38.3 Å². The van der Waals surface area contributed by atoms with E-state index in [2.05, 4.69) is 5.32 Å². The molecule has 0 saturated carbocycles. The van der Waals surface area contributed by atoms with Gasteiger partial charge in [0.2, 0.25) is 21.8 Å². The van der Waals surface area contributed by atoms with E-state index in [1.54, 1.807) is 0 Å². The summed E-state index contributed by atoms with van der Waals surface area (Å²) in [5.74, 6) is -0.631. The van der Waals surface area contributed by atoms with Gasteiger partial charge in [-0.2, -0.15) is 0 Å². The summed E-state index contributed by atoms with van der Waals surface area (Å²) in [6.07, 6.45) is 1.31. The van der Waals surface area contributed by atoms with Gasteiger partial charge in [-0.15, -0.1) is 0 Å². The Labute approximate surface area is 228 Å². The lowest BCUT2D eigenvalue weighted by Crippen LogP contribution is -2.52. The Morgan fingerprint density at radius 1 is 1.03 bits per heavy atom. The van der Waals surface area contributed by atoms with Crippen LogP contribution in [0.5, 0.6) is 0 Å². The fourth-order valence-electron chi connectivity index (χ4n) is 3.61. The minimum absolute atomic E-state index is 0.0230. The van der Waals surface area contributed by atoms with Crippen molar-refractivity contribution in [3.8, 4) is 0 Å². The van der Waals surface area contributed by atoms with Crippen LogP contribution in [0.4, 0.5) is 5.69 Å². The maximum Gasteiger partial charge on any atom is 0.244 e. The van der Waals surface area contributed by atoms with E-state index < -0.39 is 28.5 Å². The van der Waals surface area contributed by atoms with Crippen molar-refractivity contribution in [2.75, 3.05) is 23.7 Å². The van der Waals surface area contributed by atoms with E-state index in [1.165, 1.54) is 17.0 Å². The van der Waals surface area contributed by atoms with Gasteiger partial charge in [0.25, 0.3) is 0 Å². The second-order valence-corrected chi connectivity index (χ2v) is 12.1. The van der Waals surface area contributed by atoms with E-state index in [1.807, 2.05) is 52.0 Å². The molecule has 0 heterocycles. The van der Waals surface area contributed by atoms with Crippen molar-refractivity contribution in [2.45, 2.75) is 46.7 Å². The first-order valence-electron chi connectivity index (χ1n) is 11.5. The van der Waals surface area contributed by atoms with E-state index >= 15 is 0 Å². The molecule has 0 aliphatic carbocycles. The molecule has 0 aromatic heterocycles. The molecular weight excluding hydrogens is 545 g/mol. The number of rotatable bonds is 11. The highest BCUT2D eigenvalue weighted by Crippen LogP contribution is 2.35. The third-order valence-electron chi connectivity index (χ3n) is 5.61. The standard InChI is InChI=1S/C25H32Cl3N3O4S/c1-6-22(25(33)29-13-16(2)3)30(14-18-10-8-7-9-17(18)4)24(32)15-31(36(5,34)35)23-12-20(27)19(26)11-21(23)28/h7-12,16,22H,6,13-15H2,1-5H3,(H,29,33)/t22-/m0/s1. The first kappa shape index (κ1) is 30.2. The lowest BCUT2D eigenvalue weighted by molar-refractivity contribution is -0.140. The lowest BCUT2D eigenvalue weighted by atomic mass is 10.1. The summed E-state index contributed by atoms with van der Waals surface area (Å²) < 4.78 is 26.4. The number of benzene rings is 2. The first-order valence-corrected chi connectivity index (χ1v) is 14.5. The summed E-state index contributed by atoms with van der Waals surface area (Å²) in [4.78, 5) is 28.2. The van der Waals surface area contributed by atoms with Crippen molar-refractivity contribution in [3.63, 3.8) is 0 Å². The maximum atomic E-state index is 13.7. The highest BCUT2D eigenvalue weighted by Gasteiger charge is 2.32. The van der Waals surface area contributed by atoms with Gasteiger partial charge in [0.1, 0.15) is 12.6 Å². The average Bonchev–Trinajstić information content (AvgIpc) is 2.78. The number of hydrogen-bond acceptors (Lipinski definition) is 4.